The second-order valence-corrected chi connectivity index (χ2v) is 6.89. The van der Waals surface area contributed by atoms with Gasteiger partial charge in [-0.15, -0.1) is 0 Å². The maximum atomic E-state index is 6.84. The molecule has 1 atom stereocenters. The molecule has 0 aliphatic carbocycles. The Morgan fingerprint density at radius 3 is 1.64 bits per heavy atom. The number of hydrogen-bond acceptors (Lipinski definition) is 2. The van der Waals surface area contributed by atoms with Crippen molar-refractivity contribution < 1.29 is 9.47 Å². The first-order valence-electron chi connectivity index (χ1n) is 9.48. The zero-order valence-electron chi connectivity index (χ0n) is 15.4. The molecule has 0 N–H and O–H groups in total. The minimum absolute atomic E-state index is 0.503. The Balaban J connectivity index is 1.79. The molecule has 0 saturated carbocycles. The van der Waals surface area contributed by atoms with E-state index in [0.29, 0.717) is 0 Å². The van der Waals surface area contributed by atoms with Gasteiger partial charge < -0.3 is 9.47 Å². The summed E-state index contributed by atoms with van der Waals surface area (Å²) in [6.07, 6.45) is -0.503. The topological polar surface area (TPSA) is 18.5 Å². The molecule has 0 fully saturated rings. The third kappa shape index (κ3) is 2.70. The summed E-state index contributed by atoms with van der Waals surface area (Å²) in [6.45, 7) is 0. The van der Waals surface area contributed by atoms with Crippen molar-refractivity contribution in [2.45, 2.75) is 11.9 Å². The first kappa shape index (κ1) is 16.8. The van der Waals surface area contributed by atoms with Crippen LogP contribution >= 0.6 is 0 Å². The second kappa shape index (κ2) is 6.99. The Bertz CT molecular complexity index is 1020. The Morgan fingerprint density at radius 1 is 0.536 bits per heavy atom. The Morgan fingerprint density at radius 2 is 1.04 bits per heavy atom. The first-order valence-corrected chi connectivity index (χ1v) is 9.48. The highest BCUT2D eigenvalue weighted by Crippen LogP contribution is 2.51. The lowest BCUT2D eigenvalue weighted by Gasteiger charge is -2.43. The van der Waals surface area contributed by atoms with E-state index in [-0.39, 0.29) is 0 Å². The summed E-state index contributed by atoms with van der Waals surface area (Å²) in [4.78, 5) is 0. The molecule has 2 nitrogen and oxygen atoms in total. The molecule has 1 aliphatic heterocycles. The Labute approximate surface area is 165 Å². The van der Waals surface area contributed by atoms with E-state index in [1.165, 1.54) is 0 Å². The molecule has 0 amide bonds. The molecule has 5 rings (SSSR count). The monoisotopic (exact) mass is 364 g/mol. The van der Waals surface area contributed by atoms with Gasteiger partial charge in [-0.2, -0.15) is 0 Å². The van der Waals surface area contributed by atoms with E-state index in [2.05, 4.69) is 54.6 Å². The average Bonchev–Trinajstić information content (AvgIpc) is 2.80. The van der Waals surface area contributed by atoms with E-state index in [0.717, 1.165) is 28.0 Å². The summed E-state index contributed by atoms with van der Waals surface area (Å²) in [5, 5.41) is 0. The van der Waals surface area contributed by atoms with Crippen molar-refractivity contribution in [1.29, 1.82) is 0 Å². The molecular formula is C26H20O2. The van der Waals surface area contributed by atoms with Crippen LogP contribution in [0.3, 0.4) is 0 Å². The van der Waals surface area contributed by atoms with Crippen LogP contribution in [-0.2, 0) is 10.3 Å². The van der Waals surface area contributed by atoms with Crippen LogP contribution in [0.5, 0.6) is 5.75 Å². The van der Waals surface area contributed by atoms with Gasteiger partial charge in [0.05, 0.1) is 0 Å². The van der Waals surface area contributed by atoms with Crippen LogP contribution in [-0.4, -0.2) is 0 Å². The molecule has 1 unspecified atom stereocenters. The lowest BCUT2D eigenvalue weighted by molar-refractivity contribution is -0.167. The van der Waals surface area contributed by atoms with Gasteiger partial charge in [0.25, 0.3) is 0 Å². The normalized spacial score (nSPS) is 17.4. The summed E-state index contributed by atoms with van der Waals surface area (Å²) < 4.78 is 13.1. The molecule has 1 aliphatic rings. The molecule has 2 heteroatoms. The summed E-state index contributed by atoms with van der Waals surface area (Å²) >= 11 is 0. The van der Waals surface area contributed by atoms with Crippen LogP contribution < -0.4 is 4.74 Å². The quantitative estimate of drug-likeness (QED) is 0.438. The van der Waals surface area contributed by atoms with Gasteiger partial charge in [-0.25, -0.2) is 0 Å². The van der Waals surface area contributed by atoms with Crippen LogP contribution in [0.15, 0.2) is 115 Å². The van der Waals surface area contributed by atoms with E-state index < -0.39 is 11.9 Å². The van der Waals surface area contributed by atoms with E-state index >= 15 is 0 Å². The summed E-state index contributed by atoms with van der Waals surface area (Å²) in [5.74, 6) is 0.843. The Hall–Kier alpha value is -3.36. The fourth-order valence-electron chi connectivity index (χ4n) is 3.93. The van der Waals surface area contributed by atoms with Crippen LogP contribution in [0.4, 0.5) is 0 Å². The minimum Gasteiger partial charge on any atom is -0.460 e. The molecule has 1 heterocycles. The van der Waals surface area contributed by atoms with Gasteiger partial charge in [0.15, 0.2) is 5.60 Å². The van der Waals surface area contributed by atoms with Crippen LogP contribution in [0, 0.1) is 0 Å². The highest BCUT2D eigenvalue weighted by Gasteiger charge is 2.46. The molecule has 0 saturated heterocycles. The third-order valence-electron chi connectivity index (χ3n) is 5.22. The zero-order valence-corrected chi connectivity index (χ0v) is 15.4. The molecule has 0 spiro atoms. The summed E-state index contributed by atoms with van der Waals surface area (Å²) in [6, 6.07) is 39.0. The fraction of sp³-hybridized carbons (Fsp3) is 0.0769. The largest absolute Gasteiger partial charge is 0.460 e. The van der Waals surface area contributed by atoms with E-state index in [1.54, 1.807) is 0 Å². The van der Waals surface area contributed by atoms with Crippen LogP contribution in [0.1, 0.15) is 28.5 Å². The van der Waals surface area contributed by atoms with Gasteiger partial charge in [-0.05, 0) is 17.2 Å². The number of hydrogen-bond donors (Lipinski definition) is 0. The average molecular weight is 364 g/mol. The van der Waals surface area contributed by atoms with Crippen molar-refractivity contribution in [3.05, 3.63) is 138 Å². The second-order valence-electron chi connectivity index (χ2n) is 6.89. The molecule has 4 aromatic rings. The predicted molar refractivity (Wildman–Crippen MR) is 110 cm³/mol. The molecule has 136 valence electrons. The number of benzene rings is 4. The molecule has 0 aromatic heterocycles. The van der Waals surface area contributed by atoms with Crippen molar-refractivity contribution in [2.24, 2.45) is 0 Å². The Kier molecular flexibility index (Phi) is 4.19. The van der Waals surface area contributed by atoms with E-state index in [1.807, 2.05) is 60.7 Å². The highest BCUT2D eigenvalue weighted by molar-refractivity contribution is 5.54. The van der Waals surface area contributed by atoms with Crippen LogP contribution in [0.25, 0.3) is 0 Å². The van der Waals surface area contributed by atoms with Gasteiger partial charge >= 0.3 is 0 Å². The van der Waals surface area contributed by atoms with E-state index in [4.69, 9.17) is 9.47 Å². The van der Waals surface area contributed by atoms with Crippen molar-refractivity contribution in [3.8, 4) is 5.75 Å². The van der Waals surface area contributed by atoms with Gasteiger partial charge in [0.2, 0.25) is 6.29 Å². The third-order valence-corrected chi connectivity index (χ3v) is 5.22. The van der Waals surface area contributed by atoms with Crippen molar-refractivity contribution in [2.75, 3.05) is 0 Å². The minimum atomic E-state index is -0.752. The fourth-order valence-corrected chi connectivity index (χ4v) is 3.93. The van der Waals surface area contributed by atoms with Crippen molar-refractivity contribution >= 4 is 0 Å². The van der Waals surface area contributed by atoms with Crippen molar-refractivity contribution in [3.63, 3.8) is 0 Å². The summed E-state index contributed by atoms with van der Waals surface area (Å²) in [7, 11) is 0. The van der Waals surface area contributed by atoms with Crippen LogP contribution in [0.2, 0.25) is 0 Å². The maximum Gasteiger partial charge on any atom is 0.228 e. The lowest BCUT2D eigenvalue weighted by atomic mass is 9.79. The van der Waals surface area contributed by atoms with Gasteiger partial charge in [-0.3, -0.25) is 0 Å². The van der Waals surface area contributed by atoms with Gasteiger partial charge in [-0.1, -0.05) is 109 Å². The first-order chi connectivity index (χ1) is 13.9. The standard InChI is InChI=1S/C26H20O2/c1-4-12-20(13-5-1)25-27-24-19-11-10-18-23(24)26(28-25,21-14-6-2-7-15-21)22-16-8-3-9-17-22/h1-19,25H. The van der Waals surface area contributed by atoms with E-state index in [9.17, 15) is 0 Å². The molecule has 4 aromatic carbocycles. The molecule has 0 bridgehead atoms. The predicted octanol–water partition coefficient (Wildman–Crippen LogP) is 6.09. The molecular weight excluding hydrogens is 344 g/mol. The SMILES string of the molecule is c1ccc(C2Oc3ccccc3C(c3ccccc3)(c3ccccc3)O2)cc1. The molecule has 0 radical (unpaired) electrons. The number of para-hydroxylation sites is 1. The smallest absolute Gasteiger partial charge is 0.228 e. The number of ether oxygens (including phenoxy) is 2. The highest BCUT2D eigenvalue weighted by atomic mass is 16.7. The number of rotatable bonds is 3. The molecule has 28 heavy (non-hydrogen) atoms. The van der Waals surface area contributed by atoms with Gasteiger partial charge in [0.1, 0.15) is 5.75 Å². The van der Waals surface area contributed by atoms with Crippen molar-refractivity contribution in [1.82, 2.24) is 0 Å². The maximum absolute atomic E-state index is 6.84. The lowest BCUT2D eigenvalue weighted by Crippen LogP contribution is -2.39. The number of fused-ring (bicyclic) bond motifs is 1. The zero-order chi connectivity index (χ0) is 18.8. The van der Waals surface area contributed by atoms with Gasteiger partial charge in [0, 0.05) is 11.1 Å². The summed E-state index contributed by atoms with van der Waals surface area (Å²) in [5.41, 5.74) is 3.42.